The first-order chi connectivity index (χ1) is 11.7. The van der Waals surface area contributed by atoms with Gasteiger partial charge in [-0.25, -0.2) is 22.9 Å². The van der Waals surface area contributed by atoms with E-state index < -0.39 is 52.0 Å². The molecule has 0 unspecified atom stereocenters. The lowest BCUT2D eigenvalue weighted by atomic mass is 10.1. The number of rotatable bonds is 3. The minimum atomic E-state index is -1.60. The summed E-state index contributed by atoms with van der Waals surface area (Å²) in [6, 6.07) is 1.56. The highest BCUT2D eigenvalue weighted by molar-refractivity contribution is 6.36. The molecule has 0 aliphatic carbocycles. The minimum Gasteiger partial charge on any atom is -0.464 e. The number of amides is 1. The van der Waals surface area contributed by atoms with Crippen LogP contribution in [0.4, 0.5) is 24.5 Å². The Labute approximate surface area is 144 Å². The molecule has 0 atom stereocenters. The second-order valence-electron chi connectivity index (χ2n) is 4.84. The summed E-state index contributed by atoms with van der Waals surface area (Å²) in [6.45, 7) is 1.15. The van der Waals surface area contributed by atoms with Gasteiger partial charge in [0.1, 0.15) is 5.82 Å². The number of aromatic nitrogens is 1. The fourth-order valence-corrected chi connectivity index (χ4v) is 2.24. The predicted molar refractivity (Wildman–Crippen MR) is 84.6 cm³/mol. The van der Waals surface area contributed by atoms with E-state index in [-0.39, 0.29) is 10.7 Å². The zero-order chi connectivity index (χ0) is 18.9. The number of nitrogen functional groups attached to an aromatic ring is 1. The number of nitrogens with two attached hydrogens (primary N) is 1. The van der Waals surface area contributed by atoms with Gasteiger partial charge in [-0.2, -0.15) is 0 Å². The molecule has 0 fully saturated rings. The van der Waals surface area contributed by atoms with Gasteiger partial charge in [-0.3, -0.25) is 4.79 Å². The summed E-state index contributed by atoms with van der Waals surface area (Å²) in [6.07, 6.45) is 0. The number of carbonyl (C=O) groups excluding carboxylic acids is 2. The molecule has 0 bridgehead atoms. The van der Waals surface area contributed by atoms with Crippen molar-refractivity contribution in [2.45, 2.75) is 6.92 Å². The highest BCUT2D eigenvalue weighted by atomic mass is 35.5. The smallest absolute Gasteiger partial charge is 0.358 e. The third-order valence-electron chi connectivity index (χ3n) is 3.09. The van der Waals surface area contributed by atoms with Crippen LogP contribution in [-0.2, 0) is 9.53 Å². The second-order valence-corrected chi connectivity index (χ2v) is 5.22. The van der Waals surface area contributed by atoms with Crippen molar-refractivity contribution in [2.75, 3.05) is 18.2 Å². The lowest BCUT2D eigenvalue weighted by Crippen LogP contribution is -2.12. The van der Waals surface area contributed by atoms with Crippen molar-refractivity contribution in [3.63, 3.8) is 0 Å². The molecule has 2 rings (SSSR count). The number of benzene rings is 1. The molecule has 0 radical (unpaired) electrons. The van der Waals surface area contributed by atoms with E-state index in [1.54, 1.807) is 0 Å². The third-order valence-corrected chi connectivity index (χ3v) is 3.47. The topological polar surface area (TPSA) is 94.3 Å². The highest BCUT2D eigenvalue weighted by Crippen LogP contribution is 2.34. The summed E-state index contributed by atoms with van der Waals surface area (Å²) in [5.41, 5.74) is 2.40. The fraction of sp³-hybridized carbons (Fsp3) is 0.133. The van der Waals surface area contributed by atoms with Gasteiger partial charge in [-0.05, 0) is 6.07 Å². The van der Waals surface area contributed by atoms with Crippen molar-refractivity contribution in [1.29, 1.82) is 0 Å². The largest absolute Gasteiger partial charge is 0.464 e. The van der Waals surface area contributed by atoms with E-state index in [1.807, 2.05) is 0 Å². The summed E-state index contributed by atoms with van der Waals surface area (Å²) in [4.78, 5) is 26.8. The maximum Gasteiger partial charge on any atom is 0.358 e. The van der Waals surface area contributed by atoms with Gasteiger partial charge in [0.2, 0.25) is 5.91 Å². The number of ether oxygens (including phenoxy) is 1. The van der Waals surface area contributed by atoms with Crippen molar-refractivity contribution >= 4 is 34.9 Å². The predicted octanol–water partition coefficient (Wildman–Crippen LogP) is 3.15. The summed E-state index contributed by atoms with van der Waals surface area (Å²) < 4.78 is 46.5. The first-order valence-corrected chi connectivity index (χ1v) is 7.05. The maximum absolute atomic E-state index is 14.1. The summed E-state index contributed by atoms with van der Waals surface area (Å²) >= 11 is 5.96. The molecular weight excluding hydrogens is 363 g/mol. The van der Waals surface area contributed by atoms with Crippen molar-refractivity contribution < 1.29 is 27.5 Å². The molecule has 1 amide bonds. The molecule has 132 valence electrons. The highest BCUT2D eigenvalue weighted by Gasteiger charge is 2.25. The van der Waals surface area contributed by atoms with Gasteiger partial charge in [-0.15, -0.1) is 0 Å². The molecule has 0 saturated carbocycles. The zero-order valence-corrected chi connectivity index (χ0v) is 13.7. The molecule has 0 spiro atoms. The molecule has 1 heterocycles. The Bertz CT molecular complexity index is 890. The van der Waals surface area contributed by atoms with Gasteiger partial charge in [0.15, 0.2) is 17.3 Å². The number of hydrogen-bond acceptors (Lipinski definition) is 5. The normalized spacial score (nSPS) is 10.5. The van der Waals surface area contributed by atoms with Crippen LogP contribution >= 0.6 is 11.6 Å². The number of nitrogens with one attached hydrogen (secondary N) is 1. The van der Waals surface area contributed by atoms with Crippen LogP contribution in [0, 0.1) is 17.5 Å². The summed E-state index contributed by atoms with van der Waals surface area (Å²) in [5, 5.41) is 1.98. The Balaban J connectivity index is 2.80. The van der Waals surface area contributed by atoms with E-state index in [0.29, 0.717) is 6.07 Å². The van der Waals surface area contributed by atoms with Crippen LogP contribution < -0.4 is 11.1 Å². The van der Waals surface area contributed by atoms with Gasteiger partial charge in [0, 0.05) is 13.0 Å². The average Bonchev–Trinajstić information content (AvgIpc) is 2.54. The van der Waals surface area contributed by atoms with E-state index in [4.69, 9.17) is 17.3 Å². The van der Waals surface area contributed by atoms with E-state index in [0.717, 1.165) is 20.1 Å². The minimum absolute atomic E-state index is 0.157. The third kappa shape index (κ3) is 3.50. The standard InChI is InChI=1S/C15H11ClF3N3O3/c1-5(23)21-9-4-8(22-14(11(9)16)15(24)25-2)10-6(17)3-7(20)12(18)13(10)19/h3-4H,20H2,1-2H3,(H,21,22,23). The number of carbonyl (C=O) groups is 2. The Morgan fingerprint density at radius 2 is 1.88 bits per heavy atom. The van der Waals surface area contributed by atoms with E-state index >= 15 is 0 Å². The number of hydrogen-bond donors (Lipinski definition) is 2. The number of esters is 1. The molecule has 1 aromatic heterocycles. The fourth-order valence-electron chi connectivity index (χ4n) is 2.02. The van der Waals surface area contributed by atoms with Gasteiger partial charge in [-0.1, -0.05) is 11.6 Å². The molecule has 6 nitrogen and oxygen atoms in total. The lowest BCUT2D eigenvalue weighted by molar-refractivity contribution is -0.114. The van der Waals surface area contributed by atoms with Crippen molar-refractivity contribution in [1.82, 2.24) is 4.98 Å². The average molecular weight is 374 g/mol. The molecule has 10 heteroatoms. The second kappa shape index (κ2) is 6.98. The summed E-state index contributed by atoms with van der Waals surface area (Å²) in [7, 11) is 1.04. The van der Waals surface area contributed by atoms with Crippen LogP contribution in [0.1, 0.15) is 17.4 Å². The molecule has 1 aromatic carbocycles. The van der Waals surface area contributed by atoms with E-state index in [9.17, 15) is 22.8 Å². The maximum atomic E-state index is 14.1. The number of halogens is 4. The monoisotopic (exact) mass is 373 g/mol. The number of nitrogens with zero attached hydrogens (tertiary/aromatic N) is 1. The van der Waals surface area contributed by atoms with Crippen molar-refractivity contribution in [3.05, 3.63) is 40.3 Å². The van der Waals surface area contributed by atoms with Crippen molar-refractivity contribution in [3.8, 4) is 11.3 Å². The molecule has 2 aromatic rings. The van der Waals surface area contributed by atoms with Gasteiger partial charge in [0.05, 0.1) is 34.8 Å². The lowest BCUT2D eigenvalue weighted by Gasteiger charge is -2.13. The molecule has 3 N–H and O–H groups in total. The molecule has 0 saturated heterocycles. The Morgan fingerprint density at radius 3 is 2.44 bits per heavy atom. The zero-order valence-electron chi connectivity index (χ0n) is 12.9. The van der Waals surface area contributed by atoms with Crippen LogP contribution in [0.15, 0.2) is 12.1 Å². The molecule has 0 aliphatic rings. The molecule has 0 aliphatic heterocycles. The van der Waals surface area contributed by atoms with Gasteiger partial charge < -0.3 is 15.8 Å². The number of anilines is 2. The van der Waals surface area contributed by atoms with Crippen molar-refractivity contribution in [2.24, 2.45) is 0 Å². The Hall–Kier alpha value is -2.81. The Morgan fingerprint density at radius 1 is 1.24 bits per heavy atom. The van der Waals surface area contributed by atoms with E-state index in [2.05, 4.69) is 15.0 Å². The van der Waals surface area contributed by atoms with E-state index in [1.165, 1.54) is 0 Å². The first kappa shape index (κ1) is 18.5. The molecular formula is C15H11ClF3N3O3. The Kier molecular flexibility index (Phi) is 5.17. The number of pyridine rings is 1. The number of methoxy groups -OCH3 is 1. The van der Waals surface area contributed by atoms with Crippen LogP contribution in [0.25, 0.3) is 11.3 Å². The van der Waals surface area contributed by atoms with Crippen LogP contribution in [0.2, 0.25) is 5.02 Å². The SMILES string of the molecule is COC(=O)c1nc(-c2c(F)cc(N)c(F)c2F)cc(NC(C)=O)c1Cl. The van der Waals surface area contributed by atoms with Crippen LogP contribution in [0.5, 0.6) is 0 Å². The quantitative estimate of drug-likeness (QED) is 0.489. The first-order valence-electron chi connectivity index (χ1n) is 6.67. The van der Waals surface area contributed by atoms with Crippen LogP contribution in [0.3, 0.4) is 0 Å². The van der Waals surface area contributed by atoms with Gasteiger partial charge in [0.25, 0.3) is 0 Å². The molecule has 25 heavy (non-hydrogen) atoms. The van der Waals surface area contributed by atoms with Gasteiger partial charge >= 0.3 is 5.97 Å². The summed E-state index contributed by atoms with van der Waals surface area (Å²) in [5.74, 6) is -5.88. The van der Waals surface area contributed by atoms with Crippen LogP contribution in [-0.4, -0.2) is 24.0 Å².